The number of nitrogens with zero attached hydrogens (tertiary/aromatic N) is 2. The fourth-order valence-corrected chi connectivity index (χ4v) is 2.89. The van der Waals surface area contributed by atoms with E-state index >= 15 is 0 Å². The number of hydrogen-bond acceptors (Lipinski definition) is 4. The molecule has 1 unspecified atom stereocenters. The van der Waals surface area contributed by atoms with Crippen LogP contribution in [0.4, 0.5) is 8.78 Å². The molecule has 0 spiro atoms. The second-order valence-electron chi connectivity index (χ2n) is 5.19. The van der Waals surface area contributed by atoms with Gasteiger partial charge in [0, 0.05) is 25.6 Å². The summed E-state index contributed by atoms with van der Waals surface area (Å²) in [6, 6.07) is 0. The number of halogens is 2. The Hall–Kier alpha value is -1.51. The van der Waals surface area contributed by atoms with Gasteiger partial charge in [-0.1, -0.05) is 13.8 Å². The van der Waals surface area contributed by atoms with Gasteiger partial charge in [0.25, 0.3) is 15.9 Å². The number of carbonyl (C=O) groups is 1. The maximum atomic E-state index is 12.7. The summed E-state index contributed by atoms with van der Waals surface area (Å²) in [7, 11) is -2.59. The molecule has 1 aromatic heterocycles. The minimum absolute atomic E-state index is 0.00702. The number of hydrogen-bond donors (Lipinski definition) is 1. The summed E-state index contributed by atoms with van der Waals surface area (Å²) >= 11 is 0. The molecule has 1 aliphatic carbocycles. The lowest BCUT2D eigenvalue weighted by atomic mass is 10.2. The van der Waals surface area contributed by atoms with E-state index in [-0.39, 0.29) is 10.9 Å². The van der Waals surface area contributed by atoms with Crippen LogP contribution in [0.25, 0.3) is 0 Å². The molecule has 0 saturated heterocycles. The average molecular weight is 307 g/mol. The summed E-state index contributed by atoms with van der Waals surface area (Å²) in [5, 5.41) is -0.346. The zero-order valence-electron chi connectivity index (χ0n) is 11.2. The molecule has 1 saturated carbocycles. The van der Waals surface area contributed by atoms with E-state index in [9.17, 15) is 22.0 Å². The van der Waals surface area contributed by atoms with Crippen molar-refractivity contribution in [1.29, 1.82) is 0 Å². The number of rotatable bonds is 4. The highest BCUT2D eigenvalue weighted by atomic mass is 32.2. The summed E-state index contributed by atoms with van der Waals surface area (Å²) < 4.78 is 52.5. The fraction of sp³-hybridized carbons (Fsp3) is 0.636. The molecule has 1 aliphatic rings. The Morgan fingerprint density at radius 2 is 2.10 bits per heavy atom. The van der Waals surface area contributed by atoms with Crippen molar-refractivity contribution in [2.45, 2.75) is 37.1 Å². The summed E-state index contributed by atoms with van der Waals surface area (Å²) in [6.45, 7) is 3.67. The maximum absolute atomic E-state index is 12.7. The van der Waals surface area contributed by atoms with Gasteiger partial charge in [0.1, 0.15) is 11.7 Å². The van der Waals surface area contributed by atoms with Crippen LogP contribution < -0.4 is 4.72 Å². The number of imidazole rings is 1. The molecule has 112 valence electrons. The van der Waals surface area contributed by atoms with Gasteiger partial charge in [-0.05, 0) is 0 Å². The van der Waals surface area contributed by atoms with Crippen LogP contribution in [0.1, 0.15) is 32.0 Å². The smallest absolute Gasteiger partial charge is 0.283 e. The van der Waals surface area contributed by atoms with Crippen LogP contribution in [0.2, 0.25) is 0 Å². The predicted octanol–water partition coefficient (Wildman–Crippen LogP) is 1.00. The van der Waals surface area contributed by atoms with Crippen molar-refractivity contribution in [3.63, 3.8) is 0 Å². The largest absolute Gasteiger partial charge is 0.336 e. The van der Waals surface area contributed by atoms with E-state index in [4.69, 9.17) is 0 Å². The number of nitrogens with one attached hydrogen (secondary N) is 1. The lowest BCUT2D eigenvalue weighted by Crippen LogP contribution is -2.33. The minimum atomic E-state index is -4.21. The van der Waals surface area contributed by atoms with E-state index in [1.165, 1.54) is 10.8 Å². The van der Waals surface area contributed by atoms with E-state index in [0.29, 0.717) is 5.82 Å². The van der Waals surface area contributed by atoms with Crippen LogP contribution in [0.3, 0.4) is 0 Å². The highest BCUT2D eigenvalue weighted by Crippen LogP contribution is 2.48. The third-order valence-corrected chi connectivity index (χ3v) is 4.28. The Morgan fingerprint density at radius 1 is 1.55 bits per heavy atom. The lowest BCUT2D eigenvalue weighted by molar-refractivity contribution is -0.122. The van der Waals surface area contributed by atoms with E-state index < -0.39 is 34.2 Å². The molecule has 6 nitrogen and oxygen atoms in total. The summed E-state index contributed by atoms with van der Waals surface area (Å²) in [5.41, 5.74) is 0. The Balaban J connectivity index is 2.19. The summed E-state index contributed by atoms with van der Waals surface area (Å²) in [4.78, 5) is 15.4. The van der Waals surface area contributed by atoms with Crippen molar-refractivity contribution in [1.82, 2.24) is 14.3 Å². The molecule has 1 amide bonds. The first-order valence-electron chi connectivity index (χ1n) is 6.02. The fourth-order valence-electron chi connectivity index (χ4n) is 1.87. The highest BCUT2D eigenvalue weighted by molar-refractivity contribution is 7.90. The zero-order valence-corrected chi connectivity index (χ0v) is 12.0. The molecule has 0 aromatic carbocycles. The van der Waals surface area contributed by atoms with Crippen LogP contribution in [0.5, 0.6) is 0 Å². The van der Waals surface area contributed by atoms with Crippen molar-refractivity contribution in [2.24, 2.45) is 13.0 Å². The second-order valence-corrected chi connectivity index (χ2v) is 6.82. The van der Waals surface area contributed by atoms with Crippen LogP contribution in [0, 0.1) is 5.92 Å². The Bertz CT molecular complexity index is 652. The van der Waals surface area contributed by atoms with Crippen molar-refractivity contribution in [2.75, 3.05) is 0 Å². The van der Waals surface area contributed by atoms with Crippen LogP contribution in [-0.4, -0.2) is 29.8 Å². The van der Waals surface area contributed by atoms with Gasteiger partial charge in [-0.3, -0.25) is 4.79 Å². The predicted molar refractivity (Wildman–Crippen MR) is 65.7 cm³/mol. The van der Waals surface area contributed by atoms with Gasteiger partial charge in [-0.2, -0.15) is 8.42 Å². The zero-order chi connectivity index (χ0) is 15.3. The molecule has 1 N–H and O–H groups in total. The molecular weight excluding hydrogens is 292 g/mol. The molecule has 1 aromatic rings. The third-order valence-electron chi connectivity index (χ3n) is 3.06. The third kappa shape index (κ3) is 2.67. The SMILES string of the molecule is CC(C)c1nc(S(=O)(=O)NC(=O)C2CC2(F)F)cn1C. The van der Waals surface area contributed by atoms with Gasteiger partial charge < -0.3 is 4.57 Å². The minimum Gasteiger partial charge on any atom is -0.336 e. The van der Waals surface area contributed by atoms with E-state index in [0.717, 1.165) is 0 Å². The molecule has 20 heavy (non-hydrogen) atoms. The molecule has 1 heterocycles. The number of carbonyl (C=O) groups excluding carboxylic acids is 1. The van der Waals surface area contributed by atoms with Gasteiger partial charge in [0.2, 0.25) is 5.91 Å². The first-order valence-corrected chi connectivity index (χ1v) is 7.50. The molecule has 2 rings (SSSR count). The van der Waals surface area contributed by atoms with Crippen LogP contribution >= 0.6 is 0 Å². The molecule has 1 fully saturated rings. The first-order chi connectivity index (χ1) is 9.04. The Labute approximate surface area is 115 Å². The van der Waals surface area contributed by atoms with E-state index in [2.05, 4.69) is 4.98 Å². The normalized spacial score (nSPS) is 21.0. The molecule has 0 radical (unpaired) electrons. The van der Waals surface area contributed by atoms with Gasteiger partial charge in [-0.25, -0.2) is 18.5 Å². The topological polar surface area (TPSA) is 81.1 Å². The molecule has 0 bridgehead atoms. The Morgan fingerprint density at radius 3 is 2.50 bits per heavy atom. The molecule has 1 atom stereocenters. The monoisotopic (exact) mass is 307 g/mol. The van der Waals surface area contributed by atoms with Crippen molar-refractivity contribution in [3.8, 4) is 0 Å². The summed E-state index contributed by atoms with van der Waals surface area (Å²) in [5.74, 6) is -5.34. The van der Waals surface area contributed by atoms with Gasteiger partial charge in [-0.15, -0.1) is 0 Å². The number of alkyl halides is 2. The lowest BCUT2D eigenvalue weighted by Gasteiger charge is -2.03. The van der Waals surface area contributed by atoms with Gasteiger partial charge >= 0.3 is 0 Å². The number of amides is 1. The van der Waals surface area contributed by atoms with E-state index in [1.807, 2.05) is 13.8 Å². The van der Waals surface area contributed by atoms with E-state index in [1.54, 1.807) is 11.8 Å². The quantitative estimate of drug-likeness (QED) is 0.900. The molecular formula is C11H15F2N3O3S. The maximum Gasteiger partial charge on any atom is 0.283 e. The van der Waals surface area contributed by atoms with Gasteiger partial charge in [0.05, 0.1) is 0 Å². The molecule has 0 aliphatic heterocycles. The van der Waals surface area contributed by atoms with Crippen molar-refractivity contribution >= 4 is 15.9 Å². The van der Waals surface area contributed by atoms with Crippen molar-refractivity contribution < 1.29 is 22.0 Å². The number of aryl methyl sites for hydroxylation is 1. The van der Waals surface area contributed by atoms with Crippen LogP contribution in [-0.2, 0) is 21.9 Å². The molecule has 9 heteroatoms. The highest BCUT2D eigenvalue weighted by Gasteiger charge is 2.61. The van der Waals surface area contributed by atoms with Gasteiger partial charge in [0.15, 0.2) is 5.03 Å². The first kappa shape index (κ1) is 14.9. The number of aromatic nitrogens is 2. The summed E-state index contributed by atoms with van der Waals surface area (Å²) in [6.07, 6.45) is 0.629. The van der Waals surface area contributed by atoms with Crippen LogP contribution in [0.15, 0.2) is 11.2 Å². The Kier molecular flexibility index (Phi) is 3.35. The standard InChI is InChI=1S/C11H15F2N3O3S/c1-6(2)9-14-8(5-16(9)3)20(18,19)15-10(17)7-4-11(7,12)13/h5-7H,4H2,1-3H3,(H,15,17). The number of sulfonamides is 1. The average Bonchev–Trinajstić information content (AvgIpc) is 2.74. The second kappa shape index (κ2) is 4.51. The van der Waals surface area contributed by atoms with Crippen molar-refractivity contribution in [3.05, 3.63) is 12.0 Å².